The Morgan fingerprint density at radius 3 is 2.52 bits per heavy atom. The normalized spacial score (nSPS) is 14.5. The summed E-state index contributed by atoms with van der Waals surface area (Å²) >= 11 is 0. The first-order valence-corrected chi connectivity index (χ1v) is 11.1. The minimum atomic E-state index is -0.264. The van der Waals surface area contributed by atoms with Gasteiger partial charge in [-0.2, -0.15) is 10.1 Å². The second-order valence-electron chi connectivity index (χ2n) is 8.98. The Morgan fingerprint density at radius 1 is 1.15 bits per heavy atom. The number of fused-ring (bicyclic) bond motifs is 1. The van der Waals surface area contributed by atoms with Crippen LogP contribution in [0.25, 0.3) is 22.4 Å². The second kappa shape index (κ2) is 7.72. The molecule has 5 rings (SSSR count). The van der Waals surface area contributed by atoms with E-state index >= 15 is 0 Å². The molecule has 0 radical (unpaired) electrons. The Bertz CT molecular complexity index is 1360. The standard InChI is InChI=1S/C25H28N6O2/c1-15-6-8-18(9-7-15)25(10-11-25)28-20(32)14-33-21-12-16(2)22-23(29-31(5)24(22)27-21)19-13-26-17(3)30(19)4/h6-9,12-13H,10-11,14H2,1-5H3,(H,28,32). The molecule has 1 fully saturated rings. The number of carbonyl (C=O) groups is 1. The Balaban J connectivity index is 1.34. The van der Waals surface area contributed by atoms with E-state index in [0.29, 0.717) is 11.5 Å². The Labute approximate surface area is 192 Å². The Kier molecular flexibility index (Phi) is 4.96. The van der Waals surface area contributed by atoms with Gasteiger partial charge in [0, 0.05) is 20.2 Å². The molecule has 0 aliphatic heterocycles. The van der Waals surface area contributed by atoms with Crippen molar-refractivity contribution in [1.29, 1.82) is 0 Å². The fraction of sp³-hybridized carbons (Fsp3) is 0.360. The predicted molar refractivity (Wildman–Crippen MR) is 126 cm³/mol. The summed E-state index contributed by atoms with van der Waals surface area (Å²) in [7, 11) is 3.83. The van der Waals surface area contributed by atoms with Crippen LogP contribution in [0.5, 0.6) is 5.88 Å². The molecule has 0 atom stereocenters. The lowest BCUT2D eigenvalue weighted by Crippen LogP contribution is -2.38. The van der Waals surface area contributed by atoms with Crippen LogP contribution in [-0.2, 0) is 24.4 Å². The monoisotopic (exact) mass is 444 g/mol. The molecule has 1 saturated carbocycles. The Hall–Kier alpha value is -3.68. The van der Waals surface area contributed by atoms with Crippen molar-refractivity contribution < 1.29 is 9.53 Å². The molecule has 1 aliphatic rings. The van der Waals surface area contributed by atoms with E-state index in [1.54, 1.807) is 4.68 Å². The summed E-state index contributed by atoms with van der Waals surface area (Å²) in [5.41, 5.74) is 5.54. The summed E-state index contributed by atoms with van der Waals surface area (Å²) < 4.78 is 9.55. The molecule has 4 aromatic rings. The van der Waals surface area contributed by atoms with Gasteiger partial charge in [0.15, 0.2) is 12.3 Å². The van der Waals surface area contributed by atoms with E-state index in [2.05, 4.69) is 51.6 Å². The highest BCUT2D eigenvalue weighted by Crippen LogP contribution is 2.45. The van der Waals surface area contributed by atoms with Gasteiger partial charge < -0.3 is 14.6 Å². The van der Waals surface area contributed by atoms with Crippen molar-refractivity contribution in [2.45, 2.75) is 39.2 Å². The van der Waals surface area contributed by atoms with Gasteiger partial charge in [-0.05, 0) is 44.7 Å². The number of hydrogen-bond acceptors (Lipinski definition) is 5. The van der Waals surface area contributed by atoms with Gasteiger partial charge >= 0.3 is 0 Å². The van der Waals surface area contributed by atoms with Crippen LogP contribution in [0.15, 0.2) is 36.5 Å². The van der Waals surface area contributed by atoms with Gasteiger partial charge in [-0.1, -0.05) is 29.8 Å². The lowest BCUT2D eigenvalue weighted by molar-refractivity contribution is -0.124. The summed E-state index contributed by atoms with van der Waals surface area (Å²) in [6.07, 6.45) is 3.71. The summed E-state index contributed by atoms with van der Waals surface area (Å²) in [5, 5.41) is 8.79. The van der Waals surface area contributed by atoms with Gasteiger partial charge in [-0.25, -0.2) is 9.67 Å². The molecular formula is C25H28N6O2. The molecule has 0 saturated heterocycles. The third-order valence-electron chi connectivity index (χ3n) is 6.51. The Morgan fingerprint density at radius 2 is 1.88 bits per heavy atom. The van der Waals surface area contributed by atoms with Crippen molar-refractivity contribution >= 4 is 16.9 Å². The lowest BCUT2D eigenvalue weighted by atomic mass is 10.0. The van der Waals surface area contributed by atoms with Gasteiger partial charge in [0.05, 0.1) is 22.8 Å². The zero-order chi connectivity index (χ0) is 23.3. The maximum absolute atomic E-state index is 12.7. The largest absolute Gasteiger partial charge is 0.468 e. The molecule has 8 nitrogen and oxygen atoms in total. The third kappa shape index (κ3) is 3.75. The number of hydrogen-bond donors (Lipinski definition) is 1. The number of ether oxygens (including phenoxy) is 1. The molecule has 33 heavy (non-hydrogen) atoms. The lowest BCUT2D eigenvalue weighted by Gasteiger charge is -2.18. The zero-order valence-corrected chi connectivity index (χ0v) is 19.6. The average molecular weight is 445 g/mol. The predicted octanol–water partition coefficient (Wildman–Crippen LogP) is 3.48. The van der Waals surface area contributed by atoms with Gasteiger partial charge in [0.25, 0.3) is 5.91 Å². The maximum atomic E-state index is 12.7. The number of rotatable bonds is 6. The minimum Gasteiger partial charge on any atom is -0.468 e. The summed E-state index contributed by atoms with van der Waals surface area (Å²) in [5.74, 6) is 1.18. The average Bonchev–Trinajstić information content (AvgIpc) is 3.38. The quantitative estimate of drug-likeness (QED) is 0.492. The fourth-order valence-corrected chi connectivity index (χ4v) is 4.30. The van der Waals surface area contributed by atoms with E-state index in [9.17, 15) is 4.79 Å². The number of pyridine rings is 1. The van der Waals surface area contributed by atoms with Crippen LogP contribution in [0.3, 0.4) is 0 Å². The number of imidazole rings is 1. The first-order chi connectivity index (χ1) is 15.8. The van der Waals surface area contributed by atoms with Gasteiger partial charge in [0.1, 0.15) is 11.5 Å². The van der Waals surface area contributed by atoms with Crippen LogP contribution in [0.2, 0.25) is 0 Å². The molecule has 3 heterocycles. The van der Waals surface area contributed by atoms with Gasteiger partial charge in [-0.3, -0.25) is 4.79 Å². The first-order valence-electron chi connectivity index (χ1n) is 11.1. The van der Waals surface area contributed by atoms with Crippen LogP contribution in [0.1, 0.15) is 35.4 Å². The van der Waals surface area contributed by atoms with Crippen molar-refractivity contribution in [2.75, 3.05) is 6.61 Å². The summed E-state index contributed by atoms with van der Waals surface area (Å²) in [6, 6.07) is 10.2. The van der Waals surface area contributed by atoms with Crippen LogP contribution >= 0.6 is 0 Å². The zero-order valence-electron chi connectivity index (χ0n) is 19.6. The second-order valence-corrected chi connectivity index (χ2v) is 8.98. The van der Waals surface area contributed by atoms with Gasteiger partial charge in [0.2, 0.25) is 5.88 Å². The number of nitrogens with zero attached hydrogens (tertiary/aromatic N) is 5. The summed E-state index contributed by atoms with van der Waals surface area (Å²) in [6.45, 7) is 5.94. The topological polar surface area (TPSA) is 86.9 Å². The molecule has 0 spiro atoms. The molecule has 0 bridgehead atoms. The molecule has 1 aromatic carbocycles. The van der Waals surface area contributed by atoms with Crippen molar-refractivity contribution in [2.24, 2.45) is 14.1 Å². The van der Waals surface area contributed by atoms with E-state index < -0.39 is 0 Å². The highest BCUT2D eigenvalue weighted by Gasteiger charge is 2.45. The van der Waals surface area contributed by atoms with Gasteiger partial charge in [-0.15, -0.1) is 0 Å². The molecule has 1 aliphatic carbocycles. The van der Waals surface area contributed by atoms with Crippen molar-refractivity contribution in [3.8, 4) is 17.3 Å². The number of aryl methyl sites for hydroxylation is 4. The molecule has 3 aromatic heterocycles. The molecule has 0 unspecified atom stereocenters. The van der Waals surface area contributed by atoms with E-state index in [1.807, 2.05) is 44.8 Å². The number of amides is 1. The fourth-order valence-electron chi connectivity index (χ4n) is 4.30. The van der Waals surface area contributed by atoms with E-state index in [4.69, 9.17) is 4.74 Å². The molecule has 1 N–H and O–H groups in total. The van der Waals surface area contributed by atoms with Crippen LogP contribution in [0, 0.1) is 20.8 Å². The molecule has 8 heteroatoms. The molecule has 1 amide bonds. The SMILES string of the molecule is Cc1ccc(C2(NC(=O)COc3cc(C)c4c(-c5cnc(C)n5C)nn(C)c4n3)CC2)cc1. The highest BCUT2D eigenvalue weighted by atomic mass is 16.5. The number of carbonyl (C=O) groups excluding carboxylic acids is 1. The van der Waals surface area contributed by atoms with Crippen molar-refractivity contribution in [3.05, 3.63) is 59.0 Å². The minimum absolute atomic E-state index is 0.0861. The third-order valence-corrected chi connectivity index (χ3v) is 6.51. The van der Waals surface area contributed by atoms with E-state index in [-0.39, 0.29) is 18.1 Å². The first kappa shape index (κ1) is 21.2. The smallest absolute Gasteiger partial charge is 0.258 e. The molecule has 170 valence electrons. The van der Waals surface area contributed by atoms with Crippen LogP contribution in [0.4, 0.5) is 0 Å². The number of aromatic nitrogens is 5. The summed E-state index contributed by atoms with van der Waals surface area (Å²) in [4.78, 5) is 21.7. The van der Waals surface area contributed by atoms with Crippen LogP contribution < -0.4 is 10.1 Å². The van der Waals surface area contributed by atoms with Crippen molar-refractivity contribution in [3.63, 3.8) is 0 Å². The maximum Gasteiger partial charge on any atom is 0.258 e. The van der Waals surface area contributed by atoms with Crippen LogP contribution in [-0.4, -0.2) is 36.8 Å². The highest BCUT2D eigenvalue weighted by molar-refractivity contribution is 5.93. The number of nitrogens with one attached hydrogen (secondary N) is 1. The van der Waals surface area contributed by atoms with E-state index in [1.165, 1.54) is 5.56 Å². The van der Waals surface area contributed by atoms with E-state index in [0.717, 1.165) is 46.6 Å². The van der Waals surface area contributed by atoms with Crippen molar-refractivity contribution in [1.82, 2.24) is 29.6 Å². The number of benzene rings is 1. The molecular weight excluding hydrogens is 416 g/mol.